The predicted octanol–water partition coefficient (Wildman–Crippen LogP) is 4.92. The van der Waals surface area contributed by atoms with E-state index in [2.05, 4.69) is 4.98 Å². The number of carbonyl (C=O) groups is 1. The number of pyridine rings is 1. The van der Waals surface area contributed by atoms with Gasteiger partial charge in [0.15, 0.2) is 16.9 Å². The summed E-state index contributed by atoms with van der Waals surface area (Å²) in [6, 6.07) is 14.6. The highest BCUT2D eigenvalue weighted by Crippen LogP contribution is 2.42. The van der Waals surface area contributed by atoms with Crippen molar-refractivity contribution < 1.29 is 18.7 Å². The second-order valence-electron chi connectivity index (χ2n) is 7.64. The maximum atomic E-state index is 13.6. The largest absolute Gasteiger partial charge is 0.493 e. The zero-order chi connectivity index (χ0) is 23.3. The first-order chi connectivity index (χ1) is 15.9. The van der Waals surface area contributed by atoms with E-state index in [4.69, 9.17) is 25.5 Å². The van der Waals surface area contributed by atoms with Crippen molar-refractivity contribution in [2.24, 2.45) is 0 Å². The van der Waals surface area contributed by atoms with Gasteiger partial charge in [-0.3, -0.25) is 14.5 Å². The van der Waals surface area contributed by atoms with Crippen LogP contribution >= 0.6 is 11.6 Å². The monoisotopic (exact) mass is 462 g/mol. The molecule has 0 spiro atoms. The molecule has 5 rings (SSSR count). The van der Waals surface area contributed by atoms with Gasteiger partial charge in [-0.15, -0.1) is 0 Å². The Kier molecular flexibility index (Phi) is 5.06. The average molecular weight is 463 g/mol. The fourth-order valence-corrected chi connectivity index (χ4v) is 4.35. The van der Waals surface area contributed by atoms with Crippen LogP contribution in [0.4, 0.5) is 5.82 Å². The second-order valence-corrected chi connectivity index (χ2v) is 8.08. The number of rotatable bonds is 4. The Labute approximate surface area is 194 Å². The number of aromatic nitrogens is 1. The van der Waals surface area contributed by atoms with Gasteiger partial charge in [0.2, 0.25) is 5.76 Å². The predicted molar refractivity (Wildman–Crippen MR) is 125 cm³/mol. The molecule has 7 nitrogen and oxygen atoms in total. The van der Waals surface area contributed by atoms with E-state index >= 15 is 0 Å². The number of aryl methyl sites for hydroxylation is 1. The van der Waals surface area contributed by atoms with E-state index in [9.17, 15) is 9.59 Å². The highest BCUT2D eigenvalue weighted by atomic mass is 35.5. The molecule has 1 aliphatic rings. The summed E-state index contributed by atoms with van der Waals surface area (Å²) in [5, 5.41) is 0.706. The van der Waals surface area contributed by atoms with Crippen molar-refractivity contribution in [3.05, 3.63) is 92.4 Å². The molecule has 33 heavy (non-hydrogen) atoms. The molecule has 1 unspecified atom stereocenters. The molecular formula is C25H19ClN2O5. The average Bonchev–Trinajstić information content (AvgIpc) is 3.11. The molecule has 1 aliphatic heterocycles. The molecule has 4 aromatic rings. The molecule has 0 N–H and O–H groups in total. The van der Waals surface area contributed by atoms with Gasteiger partial charge in [-0.1, -0.05) is 23.7 Å². The molecule has 1 atom stereocenters. The maximum absolute atomic E-state index is 13.6. The topological polar surface area (TPSA) is 81.9 Å². The van der Waals surface area contributed by atoms with Crippen LogP contribution in [-0.4, -0.2) is 25.1 Å². The van der Waals surface area contributed by atoms with Gasteiger partial charge in [0.1, 0.15) is 11.4 Å². The van der Waals surface area contributed by atoms with Crippen LogP contribution in [-0.2, 0) is 0 Å². The highest BCUT2D eigenvalue weighted by Gasteiger charge is 2.44. The standard InChI is InChI=1S/C25H19ClN2O5/c1-13-5-4-6-20(27-13)28-22(14-7-9-18(31-2)19(11-14)32-3)21-23(29)16-12-15(26)8-10-17(16)33-24(21)25(28)30/h4-12,22H,1-3H3. The number of fused-ring (bicyclic) bond motifs is 2. The van der Waals surface area contributed by atoms with Crippen LogP contribution in [0.2, 0.25) is 5.02 Å². The van der Waals surface area contributed by atoms with E-state index < -0.39 is 11.9 Å². The molecule has 0 saturated heterocycles. The van der Waals surface area contributed by atoms with E-state index in [0.29, 0.717) is 38.9 Å². The van der Waals surface area contributed by atoms with E-state index in [1.807, 2.05) is 19.1 Å². The summed E-state index contributed by atoms with van der Waals surface area (Å²) in [4.78, 5) is 33.3. The summed E-state index contributed by atoms with van der Waals surface area (Å²) >= 11 is 6.14. The SMILES string of the molecule is COc1ccc(C2c3c(oc4ccc(Cl)cc4c3=O)C(=O)N2c2cccc(C)n2)cc1OC. The van der Waals surface area contributed by atoms with Crippen LogP contribution < -0.4 is 19.8 Å². The van der Waals surface area contributed by atoms with Gasteiger partial charge in [-0.25, -0.2) is 4.98 Å². The number of anilines is 1. The lowest BCUT2D eigenvalue weighted by Gasteiger charge is -2.25. The van der Waals surface area contributed by atoms with E-state index in [0.717, 1.165) is 5.69 Å². The van der Waals surface area contributed by atoms with Crippen LogP contribution in [0.3, 0.4) is 0 Å². The summed E-state index contributed by atoms with van der Waals surface area (Å²) in [6.07, 6.45) is 0. The molecule has 1 amide bonds. The van der Waals surface area contributed by atoms with Gasteiger partial charge < -0.3 is 13.9 Å². The number of hydrogen-bond acceptors (Lipinski definition) is 6. The van der Waals surface area contributed by atoms with Gasteiger partial charge in [-0.05, 0) is 55.0 Å². The summed E-state index contributed by atoms with van der Waals surface area (Å²) < 4.78 is 16.8. The van der Waals surface area contributed by atoms with Gasteiger partial charge in [0.05, 0.1) is 31.2 Å². The number of ether oxygens (including phenoxy) is 2. The van der Waals surface area contributed by atoms with Crippen LogP contribution in [0.5, 0.6) is 11.5 Å². The number of benzene rings is 2. The molecule has 2 aromatic heterocycles. The molecule has 8 heteroatoms. The van der Waals surface area contributed by atoms with Crippen LogP contribution in [0.25, 0.3) is 11.0 Å². The van der Waals surface area contributed by atoms with Crippen LogP contribution in [0.15, 0.2) is 63.8 Å². The van der Waals surface area contributed by atoms with Gasteiger partial charge >= 0.3 is 0 Å². The molecular weight excluding hydrogens is 444 g/mol. The van der Waals surface area contributed by atoms with Crippen molar-refractivity contribution >= 4 is 34.3 Å². The lowest BCUT2D eigenvalue weighted by atomic mass is 9.98. The molecule has 0 radical (unpaired) electrons. The van der Waals surface area contributed by atoms with Gasteiger partial charge in [0, 0.05) is 10.7 Å². The minimum absolute atomic E-state index is 0.0158. The number of halogens is 1. The summed E-state index contributed by atoms with van der Waals surface area (Å²) in [5.41, 5.74) is 1.58. The summed E-state index contributed by atoms with van der Waals surface area (Å²) in [7, 11) is 3.07. The number of hydrogen-bond donors (Lipinski definition) is 0. The zero-order valence-electron chi connectivity index (χ0n) is 18.1. The Bertz CT molecular complexity index is 1480. The van der Waals surface area contributed by atoms with Crippen molar-refractivity contribution in [2.45, 2.75) is 13.0 Å². The number of carbonyl (C=O) groups excluding carboxylic acids is 1. The lowest BCUT2D eigenvalue weighted by molar-refractivity contribution is 0.0970. The Hall–Kier alpha value is -3.84. The van der Waals surface area contributed by atoms with E-state index in [1.54, 1.807) is 49.6 Å². The first kappa shape index (κ1) is 21.0. The van der Waals surface area contributed by atoms with Crippen LogP contribution in [0, 0.1) is 6.92 Å². The first-order valence-corrected chi connectivity index (χ1v) is 10.6. The minimum atomic E-state index is -0.777. The fourth-order valence-electron chi connectivity index (χ4n) is 4.18. The van der Waals surface area contributed by atoms with Crippen molar-refractivity contribution in [1.82, 2.24) is 4.98 Å². The Morgan fingerprint density at radius 2 is 1.79 bits per heavy atom. The molecule has 166 valence electrons. The first-order valence-electron chi connectivity index (χ1n) is 10.2. The third-order valence-corrected chi connectivity index (χ3v) is 5.91. The molecule has 0 fully saturated rings. The molecule has 0 saturated carbocycles. The van der Waals surface area contributed by atoms with Crippen LogP contribution in [0.1, 0.15) is 33.4 Å². The minimum Gasteiger partial charge on any atom is -0.493 e. The fraction of sp³-hybridized carbons (Fsp3) is 0.160. The second kappa shape index (κ2) is 7.94. The molecule has 2 aromatic carbocycles. The molecule has 3 heterocycles. The summed E-state index contributed by atoms with van der Waals surface area (Å²) in [5.74, 6) is 0.951. The normalized spacial score (nSPS) is 15.1. The third kappa shape index (κ3) is 3.32. The zero-order valence-corrected chi connectivity index (χ0v) is 18.8. The quantitative estimate of drug-likeness (QED) is 0.428. The maximum Gasteiger partial charge on any atom is 0.296 e. The Morgan fingerprint density at radius 1 is 1.00 bits per heavy atom. The van der Waals surface area contributed by atoms with E-state index in [1.165, 1.54) is 12.0 Å². The summed E-state index contributed by atoms with van der Waals surface area (Å²) in [6.45, 7) is 1.84. The van der Waals surface area contributed by atoms with E-state index in [-0.39, 0.29) is 16.8 Å². The van der Waals surface area contributed by atoms with Crippen molar-refractivity contribution in [3.63, 3.8) is 0 Å². The highest BCUT2D eigenvalue weighted by molar-refractivity contribution is 6.31. The smallest absolute Gasteiger partial charge is 0.296 e. The Morgan fingerprint density at radius 3 is 2.52 bits per heavy atom. The number of nitrogens with zero attached hydrogens (tertiary/aromatic N) is 2. The van der Waals surface area contributed by atoms with Crippen molar-refractivity contribution in [2.75, 3.05) is 19.1 Å². The molecule has 0 bridgehead atoms. The van der Waals surface area contributed by atoms with Gasteiger partial charge in [0.25, 0.3) is 5.91 Å². The number of amides is 1. The van der Waals surface area contributed by atoms with Crippen molar-refractivity contribution in [1.29, 1.82) is 0 Å². The van der Waals surface area contributed by atoms with Crippen molar-refractivity contribution in [3.8, 4) is 11.5 Å². The molecule has 0 aliphatic carbocycles. The van der Waals surface area contributed by atoms with Gasteiger partial charge in [-0.2, -0.15) is 0 Å². The number of methoxy groups -OCH3 is 2. The Balaban J connectivity index is 1.82. The lowest BCUT2D eigenvalue weighted by Crippen LogP contribution is -2.30. The third-order valence-electron chi connectivity index (χ3n) is 5.68.